The number of nitrogens with one attached hydrogen (secondary N) is 2. The van der Waals surface area contributed by atoms with E-state index < -0.39 is 0 Å². The van der Waals surface area contributed by atoms with E-state index in [4.69, 9.17) is 0 Å². The largest absolute Gasteiger partial charge is 0.351 e. The van der Waals surface area contributed by atoms with E-state index in [1.54, 1.807) is 11.3 Å². The van der Waals surface area contributed by atoms with E-state index in [1.807, 2.05) is 13.0 Å². The first-order valence-corrected chi connectivity index (χ1v) is 7.04. The molecule has 0 bridgehead atoms. The van der Waals surface area contributed by atoms with Crippen LogP contribution in [-0.4, -0.2) is 25.5 Å². The molecule has 1 aliphatic heterocycles. The smallest absolute Gasteiger partial charge is 0.261 e. The number of rotatable bonds is 3. The maximum atomic E-state index is 11.9. The molecule has 1 saturated heterocycles. The molecule has 0 spiro atoms. The van der Waals surface area contributed by atoms with Crippen LogP contribution in [0.25, 0.3) is 0 Å². The summed E-state index contributed by atoms with van der Waals surface area (Å²) in [4.78, 5) is 14.0. The second-order valence-corrected chi connectivity index (χ2v) is 6.03. The lowest BCUT2D eigenvalue weighted by Gasteiger charge is -2.22. The van der Waals surface area contributed by atoms with Crippen molar-refractivity contribution < 1.29 is 4.79 Å². The van der Waals surface area contributed by atoms with E-state index in [0.717, 1.165) is 24.5 Å². The summed E-state index contributed by atoms with van der Waals surface area (Å²) in [5, 5.41) is 6.40. The van der Waals surface area contributed by atoms with Crippen molar-refractivity contribution in [2.45, 2.75) is 26.7 Å². The first kappa shape index (κ1) is 12.6. The predicted octanol–water partition coefficient (Wildman–Crippen LogP) is 2.09. The van der Waals surface area contributed by atoms with Gasteiger partial charge in [-0.05, 0) is 57.3 Å². The van der Waals surface area contributed by atoms with Crippen LogP contribution in [0.4, 0.5) is 0 Å². The third-order valence-corrected chi connectivity index (χ3v) is 4.49. The highest BCUT2D eigenvalue weighted by Crippen LogP contribution is 2.20. The van der Waals surface area contributed by atoms with Gasteiger partial charge in [-0.3, -0.25) is 4.79 Å². The zero-order valence-corrected chi connectivity index (χ0v) is 11.3. The summed E-state index contributed by atoms with van der Waals surface area (Å²) in [6, 6.07) is 1.98. The van der Waals surface area contributed by atoms with Crippen molar-refractivity contribution in [3.05, 3.63) is 21.4 Å². The van der Waals surface area contributed by atoms with Gasteiger partial charge in [-0.15, -0.1) is 11.3 Å². The average molecular weight is 252 g/mol. The Bertz CT molecular complexity index is 375. The predicted molar refractivity (Wildman–Crippen MR) is 71.7 cm³/mol. The Morgan fingerprint density at radius 1 is 1.59 bits per heavy atom. The van der Waals surface area contributed by atoms with Crippen molar-refractivity contribution >= 4 is 17.2 Å². The Kier molecular flexibility index (Phi) is 4.18. The van der Waals surface area contributed by atoms with Gasteiger partial charge in [0.2, 0.25) is 0 Å². The van der Waals surface area contributed by atoms with Crippen LogP contribution in [0.5, 0.6) is 0 Å². The molecule has 2 heterocycles. The summed E-state index contributed by atoms with van der Waals surface area (Å²) >= 11 is 1.58. The minimum absolute atomic E-state index is 0.0803. The van der Waals surface area contributed by atoms with Gasteiger partial charge in [-0.2, -0.15) is 0 Å². The molecule has 0 saturated carbocycles. The van der Waals surface area contributed by atoms with Crippen LogP contribution in [0.1, 0.15) is 33.0 Å². The second-order valence-electron chi connectivity index (χ2n) is 4.77. The maximum absolute atomic E-state index is 11.9. The van der Waals surface area contributed by atoms with Crippen LogP contribution in [-0.2, 0) is 0 Å². The number of hydrogen-bond acceptors (Lipinski definition) is 3. The van der Waals surface area contributed by atoms with Gasteiger partial charge in [0, 0.05) is 11.4 Å². The zero-order valence-electron chi connectivity index (χ0n) is 10.5. The number of carbonyl (C=O) groups excluding carboxylic acids is 1. The molecule has 3 nitrogen and oxygen atoms in total. The quantitative estimate of drug-likeness (QED) is 0.865. The number of thiophene rings is 1. The molecule has 17 heavy (non-hydrogen) atoms. The molecule has 1 atom stereocenters. The standard InChI is InChI=1S/C13H20N2OS/c1-9-6-12(17-10(9)2)13(16)15-8-11-4-3-5-14-7-11/h6,11,14H,3-5,7-8H2,1-2H3,(H,15,16). The van der Waals surface area contributed by atoms with Gasteiger partial charge in [0.15, 0.2) is 0 Å². The number of amides is 1. The monoisotopic (exact) mass is 252 g/mol. The normalized spacial score (nSPS) is 20.2. The molecule has 1 aliphatic rings. The third kappa shape index (κ3) is 3.30. The van der Waals surface area contributed by atoms with Crippen LogP contribution in [0.15, 0.2) is 6.07 Å². The average Bonchev–Trinajstić information content (AvgIpc) is 2.68. The van der Waals surface area contributed by atoms with E-state index in [9.17, 15) is 4.79 Å². The van der Waals surface area contributed by atoms with Crippen molar-refractivity contribution in [1.29, 1.82) is 0 Å². The molecule has 4 heteroatoms. The van der Waals surface area contributed by atoms with Gasteiger partial charge >= 0.3 is 0 Å². The molecule has 2 rings (SSSR count). The molecule has 1 aromatic heterocycles. The molecule has 94 valence electrons. The lowest BCUT2D eigenvalue weighted by molar-refractivity contribution is 0.0949. The SMILES string of the molecule is Cc1cc(C(=O)NCC2CCCNC2)sc1C. The Morgan fingerprint density at radius 3 is 3.00 bits per heavy atom. The van der Waals surface area contributed by atoms with E-state index in [-0.39, 0.29) is 5.91 Å². The highest BCUT2D eigenvalue weighted by molar-refractivity contribution is 7.14. The summed E-state index contributed by atoms with van der Waals surface area (Å²) < 4.78 is 0. The van der Waals surface area contributed by atoms with Gasteiger partial charge < -0.3 is 10.6 Å². The van der Waals surface area contributed by atoms with E-state index in [1.165, 1.54) is 23.3 Å². The number of piperidine rings is 1. The fourth-order valence-electron chi connectivity index (χ4n) is 2.11. The van der Waals surface area contributed by atoms with E-state index >= 15 is 0 Å². The van der Waals surface area contributed by atoms with Crippen molar-refractivity contribution in [3.8, 4) is 0 Å². The van der Waals surface area contributed by atoms with Gasteiger partial charge in [-0.25, -0.2) is 0 Å². The number of carbonyl (C=O) groups is 1. The van der Waals surface area contributed by atoms with Gasteiger partial charge in [-0.1, -0.05) is 0 Å². The van der Waals surface area contributed by atoms with Crippen LogP contribution >= 0.6 is 11.3 Å². The van der Waals surface area contributed by atoms with E-state index in [0.29, 0.717) is 5.92 Å². The van der Waals surface area contributed by atoms with Crippen LogP contribution < -0.4 is 10.6 Å². The van der Waals surface area contributed by atoms with Crippen molar-refractivity contribution in [2.75, 3.05) is 19.6 Å². The Hall–Kier alpha value is -0.870. The van der Waals surface area contributed by atoms with Gasteiger partial charge in [0.05, 0.1) is 4.88 Å². The van der Waals surface area contributed by atoms with Crippen molar-refractivity contribution in [3.63, 3.8) is 0 Å². The Morgan fingerprint density at radius 2 is 2.41 bits per heavy atom. The van der Waals surface area contributed by atoms with Gasteiger partial charge in [0.25, 0.3) is 5.91 Å². The molecule has 1 fully saturated rings. The summed E-state index contributed by atoms with van der Waals surface area (Å²) in [6.07, 6.45) is 2.44. The number of hydrogen-bond donors (Lipinski definition) is 2. The molecular formula is C13H20N2OS. The van der Waals surface area contributed by atoms with Crippen molar-refractivity contribution in [2.24, 2.45) is 5.92 Å². The molecular weight excluding hydrogens is 232 g/mol. The van der Waals surface area contributed by atoms with Gasteiger partial charge in [0.1, 0.15) is 0 Å². The number of aryl methyl sites for hydroxylation is 2. The molecule has 1 unspecified atom stereocenters. The summed E-state index contributed by atoms with van der Waals surface area (Å²) in [6.45, 7) is 7.05. The highest BCUT2D eigenvalue weighted by atomic mass is 32.1. The summed E-state index contributed by atoms with van der Waals surface area (Å²) in [7, 11) is 0. The van der Waals surface area contributed by atoms with Crippen LogP contribution in [0.3, 0.4) is 0 Å². The molecule has 1 aromatic rings. The lowest BCUT2D eigenvalue weighted by atomic mass is 10.00. The summed E-state index contributed by atoms with van der Waals surface area (Å²) in [5.41, 5.74) is 1.21. The topological polar surface area (TPSA) is 41.1 Å². The zero-order chi connectivity index (χ0) is 12.3. The highest BCUT2D eigenvalue weighted by Gasteiger charge is 2.15. The molecule has 0 radical (unpaired) electrons. The van der Waals surface area contributed by atoms with E-state index in [2.05, 4.69) is 17.6 Å². The first-order valence-electron chi connectivity index (χ1n) is 6.23. The minimum atomic E-state index is 0.0803. The van der Waals surface area contributed by atoms with Crippen molar-refractivity contribution in [1.82, 2.24) is 10.6 Å². The van der Waals surface area contributed by atoms with Crippen LogP contribution in [0.2, 0.25) is 0 Å². The molecule has 2 N–H and O–H groups in total. The van der Waals surface area contributed by atoms with Crippen LogP contribution in [0, 0.1) is 19.8 Å². The third-order valence-electron chi connectivity index (χ3n) is 3.34. The second kappa shape index (κ2) is 5.65. The molecule has 0 aliphatic carbocycles. The minimum Gasteiger partial charge on any atom is -0.351 e. The molecule has 0 aromatic carbocycles. The Labute approximate surface area is 107 Å². The molecule has 1 amide bonds. The first-order chi connectivity index (χ1) is 8.16. The Balaban J connectivity index is 1.84. The lowest BCUT2D eigenvalue weighted by Crippen LogP contribution is -2.37. The fourth-order valence-corrected chi connectivity index (χ4v) is 3.06. The fraction of sp³-hybridized carbons (Fsp3) is 0.615. The maximum Gasteiger partial charge on any atom is 0.261 e. The summed E-state index contributed by atoms with van der Waals surface area (Å²) in [5.74, 6) is 0.673.